The first-order valence-corrected chi connectivity index (χ1v) is 6.77. The number of carbonyl (C=O) groups excluding carboxylic acids is 1. The van der Waals surface area contributed by atoms with E-state index in [0.29, 0.717) is 23.0 Å². The van der Waals surface area contributed by atoms with E-state index in [1.807, 2.05) is 6.92 Å². The average Bonchev–Trinajstić information content (AvgIpc) is 2.50. The molecule has 0 saturated carbocycles. The van der Waals surface area contributed by atoms with E-state index in [9.17, 15) is 14.7 Å². The van der Waals surface area contributed by atoms with Crippen molar-refractivity contribution in [2.75, 3.05) is 0 Å². The fraction of sp³-hybridized carbons (Fsp3) is 0.333. The Hall–Kier alpha value is -2.50. The third kappa shape index (κ3) is 3.34. The molecule has 0 bridgehead atoms. The van der Waals surface area contributed by atoms with Gasteiger partial charge in [-0.15, -0.1) is 0 Å². The smallest absolute Gasteiger partial charge is 0.326 e. The summed E-state index contributed by atoms with van der Waals surface area (Å²) in [7, 11) is 0. The Bertz CT molecular complexity index is 672. The Balaban J connectivity index is 2.23. The minimum absolute atomic E-state index is 0.147. The van der Waals surface area contributed by atoms with Crippen molar-refractivity contribution < 1.29 is 14.7 Å². The molecule has 2 rings (SSSR count). The molecule has 2 atom stereocenters. The molecule has 1 heterocycles. The Morgan fingerprint density at radius 1 is 1.24 bits per heavy atom. The van der Waals surface area contributed by atoms with Crippen LogP contribution in [-0.4, -0.2) is 33.0 Å². The highest BCUT2D eigenvalue weighted by Gasteiger charge is 2.25. The van der Waals surface area contributed by atoms with Crippen molar-refractivity contribution in [3.05, 3.63) is 36.2 Å². The van der Waals surface area contributed by atoms with Crippen molar-refractivity contribution >= 4 is 22.9 Å². The van der Waals surface area contributed by atoms with Crippen LogP contribution in [0.25, 0.3) is 11.0 Å². The molecule has 0 aliphatic carbocycles. The van der Waals surface area contributed by atoms with Gasteiger partial charge in [-0.05, 0) is 24.1 Å². The normalized spacial score (nSPS) is 13.6. The highest BCUT2D eigenvalue weighted by Crippen LogP contribution is 2.13. The maximum Gasteiger partial charge on any atom is 0.326 e. The molecule has 0 radical (unpaired) electrons. The second-order valence-electron chi connectivity index (χ2n) is 4.93. The van der Waals surface area contributed by atoms with Crippen molar-refractivity contribution in [1.29, 1.82) is 0 Å². The van der Waals surface area contributed by atoms with Gasteiger partial charge >= 0.3 is 5.97 Å². The molecule has 0 fully saturated rings. The summed E-state index contributed by atoms with van der Waals surface area (Å²) in [6.45, 7) is 3.68. The molecule has 0 spiro atoms. The number of rotatable bonds is 5. The molecule has 0 aliphatic heterocycles. The van der Waals surface area contributed by atoms with E-state index in [2.05, 4.69) is 15.3 Å². The molecule has 2 aromatic rings. The van der Waals surface area contributed by atoms with Crippen molar-refractivity contribution in [2.24, 2.45) is 5.92 Å². The van der Waals surface area contributed by atoms with Crippen LogP contribution in [0.4, 0.5) is 0 Å². The summed E-state index contributed by atoms with van der Waals surface area (Å²) in [5.41, 5.74) is 1.66. The van der Waals surface area contributed by atoms with E-state index in [1.54, 1.807) is 37.5 Å². The number of hydrogen-bond donors (Lipinski definition) is 2. The minimum atomic E-state index is -1.03. The third-order valence-corrected chi connectivity index (χ3v) is 3.50. The topological polar surface area (TPSA) is 92.2 Å². The van der Waals surface area contributed by atoms with E-state index in [1.165, 1.54) is 0 Å². The molecule has 0 aliphatic rings. The van der Waals surface area contributed by atoms with Crippen molar-refractivity contribution in [3.8, 4) is 0 Å². The summed E-state index contributed by atoms with van der Waals surface area (Å²) in [6, 6.07) is 4.01. The van der Waals surface area contributed by atoms with Crippen LogP contribution in [0.1, 0.15) is 30.6 Å². The standard InChI is InChI=1S/C15H17N3O3/c1-3-9(2)13(15(20)21)18-14(19)10-4-5-11-12(8-10)17-7-6-16-11/h4-9,13H,3H2,1-2H3,(H,18,19)(H,20,21)/t9-,13-/m0/s1. The highest BCUT2D eigenvalue weighted by molar-refractivity contribution is 5.99. The predicted molar refractivity (Wildman–Crippen MR) is 77.9 cm³/mol. The van der Waals surface area contributed by atoms with Crippen LogP contribution in [0.5, 0.6) is 0 Å². The lowest BCUT2D eigenvalue weighted by Crippen LogP contribution is -2.45. The van der Waals surface area contributed by atoms with Crippen molar-refractivity contribution in [3.63, 3.8) is 0 Å². The Kier molecular flexibility index (Phi) is 4.47. The molecular weight excluding hydrogens is 270 g/mol. The number of nitrogens with one attached hydrogen (secondary N) is 1. The lowest BCUT2D eigenvalue weighted by Gasteiger charge is -2.20. The van der Waals surface area contributed by atoms with Crippen LogP contribution in [-0.2, 0) is 4.79 Å². The maximum atomic E-state index is 12.2. The molecule has 110 valence electrons. The zero-order valence-electron chi connectivity index (χ0n) is 11.9. The molecule has 1 aromatic carbocycles. The first-order valence-electron chi connectivity index (χ1n) is 6.77. The molecule has 2 N–H and O–H groups in total. The lowest BCUT2D eigenvalue weighted by molar-refractivity contribution is -0.140. The van der Waals surface area contributed by atoms with Crippen LogP contribution >= 0.6 is 0 Å². The molecule has 1 amide bonds. The van der Waals surface area contributed by atoms with Crippen LogP contribution in [0.15, 0.2) is 30.6 Å². The second kappa shape index (κ2) is 6.30. The van der Waals surface area contributed by atoms with Gasteiger partial charge < -0.3 is 10.4 Å². The van der Waals surface area contributed by atoms with Gasteiger partial charge in [0.05, 0.1) is 11.0 Å². The number of aromatic nitrogens is 2. The number of fused-ring (bicyclic) bond motifs is 1. The fourth-order valence-electron chi connectivity index (χ4n) is 2.01. The van der Waals surface area contributed by atoms with Gasteiger partial charge in [-0.25, -0.2) is 4.79 Å². The van der Waals surface area contributed by atoms with Gasteiger partial charge in [0.15, 0.2) is 0 Å². The van der Waals surface area contributed by atoms with E-state index >= 15 is 0 Å². The van der Waals surface area contributed by atoms with E-state index in [0.717, 1.165) is 0 Å². The van der Waals surface area contributed by atoms with Gasteiger partial charge in [-0.2, -0.15) is 0 Å². The second-order valence-corrected chi connectivity index (χ2v) is 4.93. The summed E-state index contributed by atoms with van der Waals surface area (Å²) < 4.78 is 0. The quantitative estimate of drug-likeness (QED) is 0.875. The largest absolute Gasteiger partial charge is 0.480 e. The molecule has 21 heavy (non-hydrogen) atoms. The summed E-state index contributed by atoms with van der Waals surface area (Å²) in [5.74, 6) is -1.60. The predicted octanol–water partition coefficient (Wildman–Crippen LogP) is 1.86. The molecule has 6 nitrogen and oxygen atoms in total. The van der Waals surface area contributed by atoms with Gasteiger partial charge in [0, 0.05) is 18.0 Å². The monoisotopic (exact) mass is 287 g/mol. The SMILES string of the molecule is CC[C@H](C)[C@H](NC(=O)c1ccc2nccnc2c1)C(=O)O. The molecule has 0 unspecified atom stereocenters. The highest BCUT2D eigenvalue weighted by atomic mass is 16.4. The number of nitrogens with zero attached hydrogens (tertiary/aromatic N) is 2. The van der Waals surface area contributed by atoms with Crippen LogP contribution < -0.4 is 5.32 Å². The first kappa shape index (κ1) is 14.9. The summed E-state index contributed by atoms with van der Waals surface area (Å²) >= 11 is 0. The molecule has 0 saturated heterocycles. The summed E-state index contributed by atoms with van der Waals surface area (Å²) in [5, 5.41) is 11.8. The average molecular weight is 287 g/mol. The Labute approximate surface area is 122 Å². The van der Waals surface area contributed by atoms with Gasteiger partial charge in [-0.3, -0.25) is 14.8 Å². The molecule has 1 aromatic heterocycles. The van der Waals surface area contributed by atoms with E-state index < -0.39 is 17.9 Å². The first-order chi connectivity index (χ1) is 10.0. The van der Waals surface area contributed by atoms with Gasteiger partial charge in [-0.1, -0.05) is 20.3 Å². The number of hydrogen-bond acceptors (Lipinski definition) is 4. The van der Waals surface area contributed by atoms with Crippen molar-refractivity contribution in [2.45, 2.75) is 26.3 Å². The number of carbonyl (C=O) groups is 2. The van der Waals surface area contributed by atoms with Crippen LogP contribution in [0.2, 0.25) is 0 Å². The maximum absolute atomic E-state index is 12.2. The third-order valence-electron chi connectivity index (χ3n) is 3.50. The molecule has 6 heteroatoms. The number of aliphatic carboxylic acids is 1. The fourth-order valence-corrected chi connectivity index (χ4v) is 2.01. The zero-order chi connectivity index (χ0) is 15.4. The number of carboxylic acids is 1. The van der Waals surface area contributed by atoms with Gasteiger partial charge in [0.25, 0.3) is 5.91 Å². The van der Waals surface area contributed by atoms with E-state index in [4.69, 9.17) is 0 Å². The summed E-state index contributed by atoms with van der Waals surface area (Å²) in [6.07, 6.45) is 3.79. The molecular formula is C15H17N3O3. The van der Waals surface area contributed by atoms with Crippen LogP contribution in [0.3, 0.4) is 0 Å². The Morgan fingerprint density at radius 2 is 1.90 bits per heavy atom. The zero-order valence-corrected chi connectivity index (χ0v) is 11.9. The van der Waals surface area contributed by atoms with Gasteiger partial charge in [0.2, 0.25) is 0 Å². The Morgan fingerprint density at radius 3 is 2.52 bits per heavy atom. The number of amides is 1. The lowest BCUT2D eigenvalue weighted by atomic mass is 9.99. The van der Waals surface area contributed by atoms with Crippen molar-refractivity contribution in [1.82, 2.24) is 15.3 Å². The van der Waals surface area contributed by atoms with Crippen LogP contribution in [0, 0.1) is 5.92 Å². The number of benzene rings is 1. The van der Waals surface area contributed by atoms with E-state index in [-0.39, 0.29) is 5.92 Å². The minimum Gasteiger partial charge on any atom is -0.480 e. The number of carboxylic acid groups (broad SMARTS) is 1. The summed E-state index contributed by atoms with van der Waals surface area (Å²) in [4.78, 5) is 31.7. The van der Waals surface area contributed by atoms with Gasteiger partial charge in [0.1, 0.15) is 6.04 Å².